The van der Waals surface area contributed by atoms with Gasteiger partial charge < -0.3 is 4.90 Å². The normalized spacial score (nSPS) is 22.6. The van der Waals surface area contributed by atoms with Gasteiger partial charge in [-0.25, -0.2) is 0 Å². The molecule has 0 fully saturated rings. The summed E-state index contributed by atoms with van der Waals surface area (Å²) < 4.78 is 0. The van der Waals surface area contributed by atoms with Gasteiger partial charge in [0.25, 0.3) is 5.91 Å². The second-order valence-corrected chi connectivity index (χ2v) is 4.37. The second kappa shape index (κ2) is 3.92. The number of hydrogen-bond donors (Lipinski definition) is 0. The zero-order chi connectivity index (χ0) is 11.8. The van der Waals surface area contributed by atoms with Gasteiger partial charge in [-0.3, -0.25) is 9.78 Å². The van der Waals surface area contributed by atoms with E-state index in [1.54, 1.807) is 12.4 Å². The number of pyridine rings is 1. The first-order chi connectivity index (χ1) is 8.25. The molecule has 0 radical (unpaired) electrons. The van der Waals surface area contributed by atoms with E-state index in [4.69, 9.17) is 11.6 Å². The molecule has 1 aromatic rings. The van der Waals surface area contributed by atoms with Crippen molar-refractivity contribution >= 4 is 17.5 Å². The van der Waals surface area contributed by atoms with E-state index >= 15 is 0 Å². The summed E-state index contributed by atoms with van der Waals surface area (Å²) in [6.07, 6.45) is 3.31. The molecule has 0 aromatic carbocycles. The van der Waals surface area contributed by atoms with Crippen LogP contribution in [0.1, 0.15) is 11.3 Å². The highest BCUT2D eigenvalue weighted by Crippen LogP contribution is 2.29. The molecule has 3 rings (SSSR count). The third-order valence-electron chi connectivity index (χ3n) is 2.87. The van der Waals surface area contributed by atoms with Crippen molar-refractivity contribution in [2.24, 2.45) is 10.2 Å². The number of aromatic nitrogens is 1. The lowest BCUT2D eigenvalue weighted by Gasteiger charge is -2.23. The van der Waals surface area contributed by atoms with Crippen molar-refractivity contribution in [3.63, 3.8) is 0 Å². The zero-order valence-corrected chi connectivity index (χ0v) is 9.63. The van der Waals surface area contributed by atoms with Crippen molar-refractivity contribution in [2.75, 3.05) is 0 Å². The van der Waals surface area contributed by atoms with E-state index in [-0.39, 0.29) is 0 Å². The van der Waals surface area contributed by atoms with E-state index in [0.717, 1.165) is 11.3 Å². The lowest BCUT2D eigenvalue weighted by atomic mass is 10.2. The quantitative estimate of drug-likeness (QED) is 0.713. The fourth-order valence-electron chi connectivity index (χ4n) is 2.01. The van der Waals surface area contributed by atoms with Crippen LogP contribution in [0.4, 0.5) is 0 Å². The molecule has 1 amide bonds. The highest BCUT2D eigenvalue weighted by molar-refractivity contribution is 6.33. The number of fused-ring (bicyclic) bond motifs is 1. The molecule has 1 unspecified atom stereocenters. The third kappa shape index (κ3) is 1.72. The maximum atomic E-state index is 11.4. The number of nitrogens with zero attached hydrogens (tertiary/aromatic N) is 4. The van der Waals surface area contributed by atoms with Gasteiger partial charge in [0, 0.05) is 12.7 Å². The highest BCUT2D eigenvalue weighted by atomic mass is 35.5. The van der Waals surface area contributed by atoms with Gasteiger partial charge in [0.1, 0.15) is 0 Å². The minimum atomic E-state index is -0.734. The summed E-state index contributed by atoms with van der Waals surface area (Å²) in [4.78, 5) is 17.7. The zero-order valence-electron chi connectivity index (χ0n) is 8.88. The van der Waals surface area contributed by atoms with Gasteiger partial charge in [0.05, 0.1) is 24.1 Å². The molecule has 6 heteroatoms. The second-order valence-electron chi connectivity index (χ2n) is 3.94. The fraction of sp³-hybridized carbons (Fsp3) is 0.273. The van der Waals surface area contributed by atoms with Crippen molar-refractivity contribution < 1.29 is 4.79 Å². The predicted octanol–water partition coefficient (Wildman–Crippen LogP) is 1.84. The van der Waals surface area contributed by atoms with E-state index in [2.05, 4.69) is 15.2 Å². The Morgan fingerprint density at radius 2 is 2.29 bits per heavy atom. The first-order valence-electron chi connectivity index (χ1n) is 5.22. The number of alkyl halides is 1. The molecule has 0 saturated heterocycles. The molecule has 2 aliphatic heterocycles. The molecule has 0 bridgehead atoms. The summed E-state index contributed by atoms with van der Waals surface area (Å²) in [6.45, 7) is 1.37. The average Bonchev–Trinajstić information content (AvgIpc) is 2.76. The highest BCUT2D eigenvalue weighted by Gasteiger charge is 2.31. The standard InChI is InChI=1S/C11H9ClN4O/c12-10-9(4-14-15-11(10)17)16-5-7-2-1-3-13-8(7)6-16/h1-4,10H,5-6H2. The Balaban J connectivity index is 1.88. The Labute approximate surface area is 103 Å². The summed E-state index contributed by atoms with van der Waals surface area (Å²) in [5, 5.41) is 6.35. The van der Waals surface area contributed by atoms with Gasteiger partial charge in [0.2, 0.25) is 0 Å². The molecule has 0 spiro atoms. The van der Waals surface area contributed by atoms with Gasteiger partial charge in [-0.15, -0.1) is 16.7 Å². The van der Waals surface area contributed by atoms with E-state index in [1.165, 1.54) is 0 Å². The molecule has 2 aliphatic rings. The van der Waals surface area contributed by atoms with Crippen molar-refractivity contribution in [1.29, 1.82) is 0 Å². The Hall–Kier alpha value is -1.75. The SMILES string of the molecule is O=C1N=NC=C(N2Cc3cccnc3C2)C1Cl. The number of azo groups is 1. The van der Waals surface area contributed by atoms with Gasteiger partial charge in [-0.05, 0) is 11.6 Å². The maximum Gasteiger partial charge on any atom is 0.288 e. The van der Waals surface area contributed by atoms with E-state index in [1.807, 2.05) is 17.0 Å². The molecule has 0 saturated carbocycles. The number of carbonyl (C=O) groups is 1. The van der Waals surface area contributed by atoms with Crippen molar-refractivity contribution in [2.45, 2.75) is 18.5 Å². The van der Waals surface area contributed by atoms with Crippen LogP contribution >= 0.6 is 11.6 Å². The van der Waals surface area contributed by atoms with Crippen LogP contribution in [0, 0.1) is 0 Å². The average molecular weight is 249 g/mol. The van der Waals surface area contributed by atoms with Gasteiger partial charge in [-0.1, -0.05) is 6.07 Å². The minimum Gasteiger partial charge on any atom is -0.362 e. The number of halogens is 1. The topological polar surface area (TPSA) is 57.9 Å². The molecular weight excluding hydrogens is 240 g/mol. The molecule has 17 heavy (non-hydrogen) atoms. The molecule has 86 valence electrons. The van der Waals surface area contributed by atoms with Crippen LogP contribution in [0.5, 0.6) is 0 Å². The summed E-state index contributed by atoms with van der Waals surface area (Å²) in [6, 6.07) is 3.93. The Kier molecular flexibility index (Phi) is 2.40. The molecule has 5 nitrogen and oxygen atoms in total. The Morgan fingerprint density at radius 1 is 1.41 bits per heavy atom. The van der Waals surface area contributed by atoms with Gasteiger partial charge in [0.15, 0.2) is 5.38 Å². The predicted molar refractivity (Wildman–Crippen MR) is 61.1 cm³/mol. The lowest BCUT2D eigenvalue weighted by molar-refractivity contribution is -0.117. The van der Waals surface area contributed by atoms with Crippen LogP contribution in [-0.2, 0) is 17.9 Å². The fourth-order valence-corrected chi connectivity index (χ4v) is 2.25. The molecule has 3 heterocycles. The van der Waals surface area contributed by atoms with Crippen LogP contribution in [-0.4, -0.2) is 21.2 Å². The monoisotopic (exact) mass is 248 g/mol. The third-order valence-corrected chi connectivity index (χ3v) is 3.28. The molecule has 0 aliphatic carbocycles. The van der Waals surface area contributed by atoms with Crippen LogP contribution in [0.15, 0.2) is 40.5 Å². The number of hydrogen-bond acceptors (Lipinski definition) is 4. The maximum absolute atomic E-state index is 11.4. The lowest BCUT2D eigenvalue weighted by Crippen LogP contribution is -2.28. The van der Waals surface area contributed by atoms with Crippen LogP contribution < -0.4 is 0 Å². The number of amides is 1. The summed E-state index contributed by atoms with van der Waals surface area (Å²) >= 11 is 6.02. The van der Waals surface area contributed by atoms with E-state index in [0.29, 0.717) is 18.8 Å². The number of rotatable bonds is 1. The van der Waals surface area contributed by atoms with E-state index in [9.17, 15) is 4.79 Å². The molecule has 1 aromatic heterocycles. The van der Waals surface area contributed by atoms with Gasteiger partial charge >= 0.3 is 0 Å². The van der Waals surface area contributed by atoms with E-state index < -0.39 is 11.3 Å². The van der Waals surface area contributed by atoms with Crippen molar-refractivity contribution in [3.8, 4) is 0 Å². The first-order valence-corrected chi connectivity index (χ1v) is 5.66. The summed E-state index contributed by atoms with van der Waals surface area (Å²) in [5.41, 5.74) is 2.88. The van der Waals surface area contributed by atoms with Crippen LogP contribution in [0.3, 0.4) is 0 Å². The molecular formula is C11H9ClN4O. The van der Waals surface area contributed by atoms with Crippen LogP contribution in [0.2, 0.25) is 0 Å². The Morgan fingerprint density at radius 3 is 3.12 bits per heavy atom. The van der Waals surface area contributed by atoms with Crippen molar-refractivity contribution in [3.05, 3.63) is 41.5 Å². The molecule has 0 N–H and O–H groups in total. The van der Waals surface area contributed by atoms with Crippen molar-refractivity contribution in [1.82, 2.24) is 9.88 Å². The summed E-state index contributed by atoms with van der Waals surface area (Å²) in [5.74, 6) is -0.409. The Bertz CT molecular complexity index is 515. The number of carbonyl (C=O) groups excluding carboxylic acids is 1. The first kappa shape index (κ1) is 10.4. The molecule has 1 atom stereocenters. The van der Waals surface area contributed by atoms with Gasteiger partial charge in [-0.2, -0.15) is 5.11 Å². The minimum absolute atomic E-state index is 0.409. The summed E-state index contributed by atoms with van der Waals surface area (Å²) in [7, 11) is 0. The largest absolute Gasteiger partial charge is 0.362 e. The van der Waals surface area contributed by atoms with Crippen LogP contribution in [0.25, 0.3) is 0 Å². The smallest absolute Gasteiger partial charge is 0.288 e.